The van der Waals surface area contributed by atoms with Crippen molar-refractivity contribution in [1.29, 1.82) is 0 Å². The molecule has 166 valence electrons. The third kappa shape index (κ3) is 4.09. The van der Waals surface area contributed by atoms with Gasteiger partial charge in [0.1, 0.15) is 24.0 Å². The highest BCUT2D eigenvalue weighted by Crippen LogP contribution is 2.36. The SMILES string of the molecule is COc1cccc(-c2nnnn2[C@H]2CO[C@H]3[C@@H]2OC[C@@H]3NC(=O)NC2CCCCC2)c1. The number of hydrogen-bond acceptors (Lipinski definition) is 7. The molecule has 2 amide bonds. The number of ether oxygens (including phenoxy) is 3. The van der Waals surface area contributed by atoms with E-state index in [0.717, 1.165) is 24.2 Å². The molecule has 0 radical (unpaired) electrons. The molecule has 3 aliphatic rings. The van der Waals surface area contributed by atoms with Crippen molar-refractivity contribution in [3.8, 4) is 17.1 Å². The summed E-state index contributed by atoms with van der Waals surface area (Å²) in [5, 5.41) is 18.4. The number of nitrogens with zero attached hydrogens (tertiary/aromatic N) is 4. The van der Waals surface area contributed by atoms with E-state index in [2.05, 4.69) is 26.2 Å². The predicted molar refractivity (Wildman–Crippen MR) is 111 cm³/mol. The topological polar surface area (TPSA) is 112 Å². The van der Waals surface area contributed by atoms with Gasteiger partial charge in [-0.15, -0.1) is 5.10 Å². The van der Waals surface area contributed by atoms with E-state index < -0.39 is 0 Å². The first kappa shape index (κ1) is 20.2. The first-order chi connectivity index (χ1) is 15.2. The van der Waals surface area contributed by atoms with Gasteiger partial charge in [-0.25, -0.2) is 9.48 Å². The molecule has 0 spiro atoms. The molecule has 10 nitrogen and oxygen atoms in total. The van der Waals surface area contributed by atoms with Gasteiger partial charge in [-0.2, -0.15) is 0 Å². The summed E-state index contributed by atoms with van der Waals surface area (Å²) in [4.78, 5) is 12.5. The van der Waals surface area contributed by atoms with Crippen LogP contribution in [0.3, 0.4) is 0 Å². The van der Waals surface area contributed by atoms with Crippen molar-refractivity contribution >= 4 is 6.03 Å². The lowest BCUT2D eigenvalue weighted by Gasteiger charge is -2.24. The molecule has 1 aromatic heterocycles. The predicted octanol–water partition coefficient (Wildman–Crippen LogP) is 1.69. The van der Waals surface area contributed by atoms with E-state index >= 15 is 0 Å². The van der Waals surface area contributed by atoms with E-state index in [1.807, 2.05) is 24.3 Å². The lowest BCUT2D eigenvalue weighted by Crippen LogP contribution is -2.50. The molecular formula is C21H28N6O4. The van der Waals surface area contributed by atoms with Gasteiger partial charge in [0.15, 0.2) is 5.82 Å². The van der Waals surface area contributed by atoms with Gasteiger partial charge in [-0.1, -0.05) is 31.4 Å². The molecular weight excluding hydrogens is 400 g/mol. The quantitative estimate of drug-likeness (QED) is 0.745. The molecule has 2 aromatic rings. The Morgan fingerprint density at radius 3 is 2.81 bits per heavy atom. The number of carbonyl (C=O) groups is 1. The van der Waals surface area contributed by atoms with Crippen molar-refractivity contribution in [1.82, 2.24) is 30.8 Å². The smallest absolute Gasteiger partial charge is 0.315 e. The van der Waals surface area contributed by atoms with Crippen molar-refractivity contribution in [2.45, 2.75) is 62.4 Å². The van der Waals surface area contributed by atoms with Crippen molar-refractivity contribution < 1.29 is 19.0 Å². The van der Waals surface area contributed by atoms with Crippen LogP contribution in [0.15, 0.2) is 24.3 Å². The number of hydrogen-bond donors (Lipinski definition) is 2. The van der Waals surface area contributed by atoms with Crippen LogP contribution in [0.5, 0.6) is 5.75 Å². The van der Waals surface area contributed by atoms with Crippen molar-refractivity contribution in [2.75, 3.05) is 20.3 Å². The Morgan fingerprint density at radius 1 is 1.13 bits per heavy atom. The van der Waals surface area contributed by atoms with Gasteiger partial charge < -0.3 is 24.8 Å². The summed E-state index contributed by atoms with van der Waals surface area (Å²) in [5.74, 6) is 1.36. The van der Waals surface area contributed by atoms with E-state index in [1.54, 1.807) is 11.8 Å². The van der Waals surface area contributed by atoms with E-state index in [0.29, 0.717) is 19.0 Å². The van der Waals surface area contributed by atoms with Gasteiger partial charge in [0.05, 0.1) is 26.4 Å². The maximum Gasteiger partial charge on any atom is 0.315 e. The van der Waals surface area contributed by atoms with Crippen LogP contribution in [0, 0.1) is 0 Å². The van der Waals surface area contributed by atoms with E-state index in [-0.39, 0.29) is 36.4 Å². The molecule has 2 N–H and O–H groups in total. The highest BCUT2D eigenvalue weighted by Gasteiger charge is 2.50. The molecule has 10 heteroatoms. The van der Waals surface area contributed by atoms with Gasteiger partial charge in [-0.05, 0) is 35.4 Å². The van der Waals surface area contributed by atoms with Crippen LogP contribution >= 0.6 is 0 Å². The monoisotopic (exact) mass is 428 g/mol. The minimum atomic E-state index is -0.232. The van der Waals surface area contributed by atoms with Crippen LogP contribution in [0.1, 0.15) is 38.1 Å². The number of carbonyl (C=O) groups excluding carboxylic acids is 1. The van der Waals surface area contributed by atoms with E-state index in [9.17, 15) is 4.79 Å². The summed E-state index contributed by atoms with van der Waals surface area (Å²) in [6, 6.07) is 7.35. The van der Waals surface area contributed by atoms with Gasteiger partial charge >= 0.3 is 6.03 Å². The summed E-state index contributed by atoms with van der Waals surface area (Å²) < 4.78 is 19.2. The standard InChI is InChI=1S/C21H28N6O4/c1-29-15-9-5-6-13(10-15)20-24-25-26-27(20)17-12-31-18-16(11-30-19(17)18)23-21(28)22-14-7-3-2-4-8-14/h5-6,9-10,14,16-19H,2-4,7-8,11-12H2,1H3,(H2,22,23,28)/t16-,17-,18+,19+/m0/s1. The van der Waals surface area contributed by atoms with Gasteiger partial charge in [0, 0.05) is 11.6 Å². The minimum absolute atomic E-state index is 0.146. The lowest BCUT2D eigenvalue weighted by atomic mass is 9.96. The zero-order valence-electron chi connectivity index (χ0n) is 17.6. The van der Waals surface area contributed by atoms with Gasteiger partial charge in [0.25, 0.3) is 0 Å². The van der Waals surface area contributed by atoms with Crippen LogP contribution in [0.2, 0.25) is 0 Å². The fourth-order valence-electron chi connectivity index (χ4n) is 4.82. The highest BCUT2D eigenvalue weighted by molar-refractivity contribution is 5.74. The first-order valence-electron chi connectivity index (χ1n) is 11.0. The molecule has 5 rings (SSSR count). The second-order valence-corrected chi connectivity index (χ2v) is 8.40. The summed E-state index contributed by atoms with van der Waals surface area (Å²) in [6.07, 6.45) is 5.24. The number of aromatic nitrogens is 4. The summed E-state index contributed by atoms with van der Waals surface area (Å²) in [5.41, 5.74) is 0.854. The fourth-order valence-corrected chi connectivity index (χ4v) is 4.82. The Balaban J connectivity index is 1.25. The fraction of sp³-hybridized carbons (Fsp3) is 0.619. The maximum absolute atomic E-state index is 12.5. The molecule has 2 saturated heterocycles. The molecule has 0 bridgehead atoms. The number of rotatable bonds is 5. The van der Waals surface area contributed by atoms with E-state index in [1.165, 1.54) is 19.3 Å². The molecule has 1 saturated carbocycles. The van der Waals surface area contributed by atoms with Crippen LogP contribution in [0.25, 0.3) is 11.4 Å². The molecule has 0 unspecified atom stereocenters. The molecule has 4 atom stereocenters. The van der Waals surface area contributed by atoms with Crippen LogP contribution in [0.4, 0.5) is 4.79 Å². The Labute approximate surface area is 180 Å². The molecule has 1 aliphatic carbocycles. The Hall–Kier alpha value is -2.72. The number of nitrogens with one attached hydrogen (secondary N) is 2. The largest absolute Gasteiger partial charge is 0.497 e. The lowest BCUT2D eigenvalue weighted by molar-refractivity contribution is 0.0624. The maximum atomic E-state index is 12.5. The Bertz CT molecular complexity index is 915. The molecule has 31 heavy (non-hydrogen) atoms. The zero-order valence-corrected chi connectivity index (χ0v) is 17.6. The summed E-state index contributed by atoms with van der Waals surface area (Å²) >= 11 is 0. The summed E-state index contributed by atoms with van der Waals surface area (Å²) in [7, 11) is 1.63. The number of amides is 2. The zero-order chi connectivity index (χ0) is 21.2. The van der Waals surface area contributed by atoms with Crippen LogP contribution < -0.4 is 15.4 Å². The van der Waals surface area contributed by atoms with Crippen molar-refractivity contribution in [3.05, 3.63) is 24.3 Å². The minimum Gasteiger partial charge on any atom is -0.497 e. The second-order valence-electron chi connectivity index (χ2n) is 8.40. The molecule has 1 aromatic carbocycles. The van der Waals surface area contributed by atoms with Gasteiger partial charge in [-0.3, -0.25) is 0 Å². The third-order valence-corrected chi connectivity index (χ3v) is 6.42. The highest BCUT2D eigenvalue weighted by atomic mass is 16.6. The first-order valence-corrected chi connectivity index (χ1v) is 11.0. The normalized spacial score (nSPS) is 28.3. The Kier molecular flexibility index (Phi) is 5.73. The molecule has 2 aliphatic heterocycles. The van der Waals surface area contributed by atoms with Crippen LogP contribution in [-0.2, 0) is 9.47 Å². The average molecular weight is 428 g/mol. The number of fused-ring (bicyclic) bond motifs is 1. The third-order valence-electron chi connectivity index (χ3n) is 6.42. The Morgan fingerprint density at radius 2 is 1.97 bits per heavy atom. The second kappa shape index (κ2) is 8.80. The van der Waals surface area contributed by atoms with Crippen LogP contribution in [-0.4, -0.2) is 70.9 Å². The number of urea groups is 1. The van der Waals surface area contributed by atoms with Crippen molar-refractivity contribution in [3.63, 3.8) is 0 Å². The molecule has 3 heterocycles. The number of benzene rings is 1. The van der Waals surface area contributed by atoms with Gasteiger partial charge in [0.2, 0.25) is 0 Å². The van der Waals surface area contributed by atoms with E-state index in [4.69, 9.17) is 14.2 Å². The number of tetrazole rings is 1. The molecule has 3 fully saturated rings. The van der Waals surface area contributed by atoms with Crippen molar-refractivity contribution in [2.24, 2.45) is 0 Å². The average Bonchev–Trinajstić information content (AvgIpc) is 3.52. The number of methoxy groups -OCH3 is 1. The summed E-state index contributed by atoms with van der Waals surface area (Å²) in [6.45, 7) is 0.820.